The van der Waals surface area contributed by atoms with Gasteiger partial charge in [-0.15, -0.1) is 0 Å². The van der Waals surface area contributed by atoms with Gasteiger partial charge in [0.15, 0.2) is 11.6 Å². The number of piperidine rings is 1. The van der Waals surface area contributed by atoms with E-state index in [2.05, 4.69) is 35.6 Å². The molecule has 1 atom stereocenters. The molecule has 5 nitrogen and oxygen atoms in total. The Morgan fingerprint density at radius 1 is 1.19 bits per heavy atom. The summed E-state index contributed by atoms with van der Waals surface area (Å²) < 4.78 is 20.7. The highest BCUT2D eigenvalue weighted by atomic mass is 19.1. The summed E-state index contributed by atoms with van der Waals surface area (Å²) in [7, 11) is 2.08. The van der Waals surface area contributed by atoms with Crippen molar-refractivity contribution in [3.05, 3.63) is 59.5 Å². The van der Waals surface area contributed by atoms with E-state index in [1.54, 1.807) is 18.2 Å². The first kappa shape index (κ1) is 21.4. The Kier molecular flexibility index (Phi) is 6.56. The Morgan fingerprint density at radius 2 is 1.97 bits per heavy atom. The molecule has 1 saturated heterocycles. The van der Waals surface area contributed by atoms with Crippen LogP contribution in [0.15, 0.2) is 42.6 Å². The number of halogens is 1. The molecule has 0 aromatic heterocycles. The maximum Gasteiger partial charge on any atom is 0.165 e. The zero-order valence-corrected chi connectivity index (χ0v) is 18.2. The van der Waals surface area contributed by atoms with Gasteiger partial charge in [0, 0.05) is 53.9 Å². The van der Waals surface area contributed by atoms with E-state index in [1.807, 2.05) is 12.3 Å². The minimum atomic E-state index is -0.392. The van der Waals surface area contributed by atoms with Crippen molar-refractivity contribution in [3.8, 4) is 11.5 Å². The maximum atomic E-state index is 14.4. The van der Waals surface area contributed by atoms with E-state index in [-0.39, 0.29) is 5.75 Å². The van der Waals surface area contributed by atoms with E-state index in [9.17, 15) is 4.39 Å². The van der Waals surface area contributed by atoms with Crippen LogP contribution in [0.1, 0.15) is 37.3 Å². The lowest BCUT2D eigenvalue weighted by Gasteiger charge is -2.35. The van der Waals surface area contributed by atoms with Gasteiger partial charge in [0.2, 0.25) is 0 Å². The zero-order valence-electron chi connectivity index (χ0n) is 18.2. The molecule has 0 radical (unpaired) electrons. The first-order chi connectivity index (χ1) is 15.1. The summed E-state index contributed by atoms with van der Waals surface area (Å²) in [6.45, 7) is 4.20. The van der Waals surface area contributed by atoms with E-state index in [1.165, 1.54) is 12.3 Å². The lowest BCUT2D eigenvalue weighted by molar-refractivity contribution is 0.420. The minimum Gasteiger partial charge on any atom is -0.453 e. The molecule has 164 valence electrons. The monoisotopic (exact) mass is 422 g/mol. The van der Waals surface area contributed by atoms with E-state index < -0.39 is 5.82 Å². The molecular formula is C25H31FN4O. The number of rotatable bonds is 6. The van der Waals surface area contributed by atoms with Crippen LogP contribution in [-0.4, -0.2) is 38.4 Å². The molecule has 3 N–H and O–H groups in total. The van der Waals surface area contributed by atoms with Crippen molar-refractivity contribution in [3.63, 3.8) is 0 Å². The number of ether oxygens (including phenoxy) is 1. The van der Waals surface area contributed by atoms with Crippen molar-refractivity contribution in [2.75, 3.05) is 25.0 Å². The van der Waals surface area contributed by atoms with Gasteiger partial charge in [-0.3, -0.25) is 0 Å². The number of nitrogens with zero attached hydrogens (tertiary/aromatic N) is 1. The molecular weight excluding hydrogens is 391 g/mol. The van der Waals surface area contributed by atoms with Gasteiger partial charge in [-0.1, -0.05) is 12.1 Å². The van der Waals surface area contributed by atoms with Crippen molar-refractivity contribution in [1.82, 2.24) is 10.6 Å². The summed E-state index contributed by atoms with van der Waals surface area (Å²) in [4.78, 5) is 2.25. The Balaban J connectivity index is 1.75. The number of anilines is 1. The van der Waals surface area contributed by atoms with Gasteiger partial charge in [0.1, 0.15) is 5.75 Å². The molecule has 6 heteroatoms. The molecule has 2 aromatic rings. The molecule has 0 aliphatic carbocycles. The molecule has 2 heterocycles. The fraction of sp³-hybridized carbons (Fsp3) is 0.400. The van der Waals surface area contributed by atoms with Crippen molar-refractivity contribution in [1.29, 1.82) is 5.41 Å². The largest absolute Gasteiger partial charge is 0.453 e. The number of hydrogen-bond donors (Lipinski definition) is 3. The van der Waals surface area contributed by atoms with E-state index in [0.717, 1.165) is 61.2 Å². The van der Waals surface area contributed by atoms with Crippen LogP contribution in [-0.2, 0) is 6.42 Å². The van der Waals surface area contributed by atoms with Crippen molar-refractivity contribution in [2.24, 2.45) is 0 Å². The second kappa shape index (κ2) is 9.52. The van der Waals surface area contributed by atoms with Crippen LogP contribution in [0.4, 0.5) is 10.1 Å². The average molecular weight is 423 g/mol. The van der Waals surface area contributed by atoms with Gasteiger partial charge in [0.05, 0.1) is 0 Å². The molecule has 2 aliphatic heterocycles. The number of benzene rings is 2. The smallest absolute Gasteiger partial charge is 0.165 e. The quantitative estimate of drug-likeness (QED) is 0.590. The number of nitrogens with one attached hydrogen (secondary N) is 3. The van der Waals surface area contributed by atoms with E-state index in [0.29, 0.717) is 17.8 Å². The predicted octanol–water partition coefficient (Wildman–Crippen LogP) is 4.72. The van der Waals surface area contributed by atoms with Crippen molar-refractivity contribution >= 4 is 17.5 Å². The lowest BCUT2D eigenvalue weighted by atomic mass is 9.92. The SMILES string of the molecule is CC1CCc2c(ccc(/C(C=N)=C/NC3CCNCC3)c2Oc2ccccc2F)N1C. The lowest BCUT2D eigenvalue weighted by Crippen LogP contribution is -2.37. The third-order valence-corrected chi connectivity index (χ3v) is 6.42. The first-order valence-corrected chi connectivity index (χ1v) is 11.1. The Hall–Kier alpha value is -2.86. The predicted molar refractivity (Wildman–Crippen MR) is 125 cm³/mol. The second-order valence-electron chi connectivity index (χ2n) is 8.41. The summed E-state index contributed by atoms with van der Waals surface area (Å²) in [5.41, 5.74) is 3.70. The Labute approximate surface area is 183 Å². The number of allylic oxidation sites excluding steroid dienone is 1. The standard InChI is InChI=1S/C25H31FN4O/c1-17-7-8-21-23(30(17)2)10-9-20(25(21)31-24-6-4-3-5-22(24)26)18(15-27)16-29-19-11-13-28-14-12-19/h3-6,9-10,15-17,19,27-29H,7-8,11-14H2,1-2H3/b18-16+,27-15?. The summed E-state index contributed by atoms with van der Waals surface area (Å²) in [5.74, 6) is 0.453. The van der Waals surface area contributed by atoms with Gasteiger partial charge in [-0.2, -0.15) is 0 Å². The van der Waals surface area contributed by atoms with Gasteiger partial charge in [0.25, 0.3) is 0 Å². The average Bonchev–Trinajstić information content (AvgIpc) is 2.79. The third-order valence-electron chi connectivity index (χ3n) is 6.42. The molecule has 1 unspecified atom stereocenters. The van der Waals surface area contributed by atoms with Crippen LogP contribution in [0.2, 0.25) is 0 Å². The van der Waals surface area contributed by atoms with Crippen molar-refractivity contribution in [2.45, 2.75) is 44.7 Å². The summed E-state index contributed by atoms with van der Waals surface area (Å²) in [5, 5.41) is 14.9. The topological polar surface area (TPSA) is 60.4 Å². The second-order valence-corrected chi connectivity index (χ2v) is 8.41. The molecule has 4 rings (SSSR count). The molecule has 1 fully saturated rings. The first-order valence-electron chi connectivity index (χ1n) is 11.1. The van der Waals surface area contributed by atoms with Crippen LogP contribution in [0.25, 0.3) is 5.57 Å². The molecule has 2 aliphatic rings. The fourth-order valence-corrected chi connectivity index (χ4v) is 4.35. The van der Waals surface area contributed by atoms with Gasteiger partial charge >= 0.3 is 0 Å². The van der Waals surface area contributed by atoms with Crippen LogP contribution in [0.3, 0.4) is 0 Å². The number of hydrogen-bond acceptors (Lipinski definition) is 5. The summed E-state index contributed by atoms with van der Waals surface area (Å²) in [6, 6.07) is 11.4. The normalized spacial score (nSPS) is 19.6. The summed E-state index contributed by atoms with van der Waals surface area (Å²) >= 11 is 0. The summed E-state index contributed by atoms with van der Waals surface area (Å²) in [6.07, 6.45) is 7.21. The number of para-hydroxylation sites is 1. The maximum absolute atomic E-state index is 14.4. The van der Waals surface area contributed by atoms with Gasteiger partial charge in [-0.05, 0) is 70.0 Å². The van der Waals surface area contributed by atoms with Crippen molar-refractivity contribution < 1.29 is 9.13 Å². The molecule has 0 amide bonds. The van der Waals surface area contributed by atoms with E-state index >= 15 is 0 Å². The zero-order chi connectivity index (χ0) is 21.8. The third kappa shape index (κ3) is 4.59. The minimum absolute atomic E-state index is 0.203. The highest BCUT2D eigenvalue weighted by Gasteiger charge is 2.26. The Bertz CT molecular complexity index is 968. The van der Waals surface area contributed by atoms with Crippen LogP contribution < -0.4 is 20.3 Å². The van der Waals surface area contributed by atoms with Gasteiger partial charge in [-0.25, -0.2) is 4.39 Å². The molecule has 0 spiro atoms. The van der Waals surface area contributed by atoms with Crippen LogP contribution in [0, 0.1) is 11.2 Å². The highest BCUT2D eigenvalue weighted by Crippen LogP contribution is 2.42. The number of fused-ring (bicyclic) bond motifs is 1. The Morgan fingerprint density at radius 3 is 2.71 bits per heavy atom. The molecule has 31 heavy (non-hydrogen) atoms. The van der Waals surface area contributed by atoms with E-state index in [4.69, 9.17) is 10.1 Å². The van der Waals surface area contributed by atoms with Crippen LogP contribution >= 0.6 is 0 Å². The van der Waals surface area contributed by atoms with Gasteiger partial charge < -0.3 is 25.7 Å². The van der Waals surface area contributed by atoms with Crippen LogP contribution in [0.5, 0.6) is 11.5 Å². The molecule has 0 saturated carbocycles. The molecule has 2 aromatic carbocycles. The molecule has 0 bridgehead atoms. The highest BCUT2D eigenvalue weighted by molar-refractivity contribution is 6.09. The fourth-order valence-electron chi connectivity index (χ4n) is 4.35.